The molecule has 0 bridgehead atoms. The fraction of sp³-hybridized carbons (Fsp3) is 0.364. The molecule has 15 heavy (non-hydrogen) atoms. The van der Waals surface area contributed by atoms with Gasteiger partial charge in [0, 0.05) is 10.2 Å². The third kappa shape index (κ3) is 2.00. The summed E-state index contributed by atoms with van der Waals surface area (Å²) in [5.74, 6) is -0.194. The Bertz CT molecular complexity index is 392. The number of hydrogen-bond acceptors (Lipinski definition) is 3. The molecule has 1 heterocycles. The highest BCUT2D eigenvalue weighted by atomic mass is 79.9. The lowest BCUT2D eigenvalue weighted by Crippen LogP contribution is -2.34. The van der Waals surface area contributed by atoms with Crippen molar-refractivity contribution in [3.63, 3.8) is 0 Å². The number of esters is 1. The van der Waals surface area contributed by atoms with E-state index < -0.39 is 0 Å². The van der Waals surface area contributed by atoms with Crippen LogP contribution in [0.25, 0.3) is 0 Å². The van der Waals surface area contributed by atoms with E-state index in [0.29, 0.717) is 0 Å². The molecule has 0 amide bonds. The summed E-state index contributed by atoms with van der Waals surface area (Å²) in [6.45, 7) is 0. The maximum Gasteiger partial charge on any atom is 0.328 e. The van der Waals surface area contributed by atoms with Gasteiger partial charge >= 0.3 is 5.97 Å². The molecule has 4 heteroatoms. The molecule has 0 fully saturated rings. The van der Waals surface area contributed by atoms with Crippen LogP contribution in [-0.2, 0) is 16.0 Å². The van der Waals surface area contributed by atoms with Gasteiger partial charge in [0.15, 0.2) is 0 Å². The second kappa shape index (κ2) is 4.23. The second-order valence-corrected chi connectivity index (χ2v) is 4.38. The minimum Gasteiger partial charge on any atom is -0.467 e. The first-order valence-electron chi connectivity index (χ1n) is 4.84. The smallest absolute Gasteiger partial charge is 0.328 e. The molecule has 0 saturated carbocycles. The number of anilines is 1. The number of nitrogens with one attached hydrogen (secondary N) is 1. The third-order valence-corrected chi connectivity index (χ3v) is 3.36. The molecule has 0 aromatic heterocycles. The summed E-state index contributed by atoms with van der Waals surface area (Å²) >= 11 is 3.50. The van der Waals surface area contributed by atoms with Crippen molar-refractivity contribution in [2.24, 2.45) is 0 Å². The Morgan fingerprint density at radius 1 is 1.60 bits per heavy atom. The van der Waals surface area contributed by atoms with Crippen LogP contribution in [0.15, 0.2) is 22.7 Å². The molecule has 0 aliphatic carbocycles. The van der Waals surface area contributed by atoms with E-state index in [1.54, 1.807) is 0 Å². The van der Waals surface area contributed by atoms with Crippen molar-refractivity contribution in [3.05, 3.63) is 28.2 Å². The van der Waals surface area contributed by atoms with E-state index in [2.05, 4.69) is 21.2 Å². The van der Waals surface area contributed by atoms with Gasteiger partial charge < -0.3 is 10.1 Å². The zero-order chi connectivity index (χ0) is 10.8. The third-order valence-electron chi connectivity index (χ3n) is 2.62. The lowest BCUT2D eigenvalue weighted by molar-refractivity contribution is -0.141. The van der Waals surface area contributed by atoms with E-state index in [0.717, 1.165) is 23.0 Å². The van der Waals surface area contributed by atoms with Crippen LogP contribution in [0.4, 0.5) is 5.69 Å². The number of hydrogen-bond donors (Lipinski definition) is 1. The van der Waals surface area contributed by atoms with Crippen LogP contribution in [0.5, 0.6) is 0 Å². The zero-order valence-electron chi connectivity index (χ0n) is 8.42. The largest absolute Gasteiger partial charge is 0.467 e. The maximum atomic E-state index is 11.4. The molecule has 1 unspecified atom stereocenters. The van der Waals surface area contributed by atoms with E-state index in [1.165, 1.54) is 12.7 Å². The van der Waals surface area contributed by atoms with Crippen LogP contribution in [0.2, 0.25) is 0 Å². The van der Waals surface area contributed by atoms with Crippen LogP contribution < -0.4 is 5.32 Å². The molecule has 0 spiro atoms. The van der Waals surface area contributed by atoms with Gasteiger partial charge in [0.1, 0.15) is 6.04 Å². The summed E-state index contributed by atoms with van der Waals surface area (Å²) in [5.41, 5.74) is 2.25. The van der Waals surface area contributed by atoms with Crippen molar-refractivity contribution in [3.8, 4) is 0 Å². The average molecular weight is 270 g/mol. The van der Waals surface area contributed by atoms with Crippen LogP contribution in [0.1, 0.15) is 12.0 Å². The quantitative estimate of drug-likeness (QED) is 0.796. The van der Waals surface area contributed by atoms with Gasteiger partial charge in [0.25, 0.3) is 0 Å². The monoisotopic (exact) mass is 269 g/mol. The molecular weight excluding hydrogens is 258 g/mol. The Morgan fingerprint density at radius 3 is 3.13 bits per heavy atom. The molecule has 1 aliphatic heterocycles. The summed E-state index contributed by atoms with van der Waals surface area (Å²) in [7, 11) is 1.42. The van der Waals surface area contributed by atoms with E-state index in [-0.39, 0.29) is 12.0 Å². The highest BCUT2D eigenvalue weighted by Crippen LogP contribution is 2.31. The normalized spacial score (nSPS) is 18.9. The van der Waals surface area contributed by atoms with Gasteiger partial charge in [0.05, 0.1) is 7.11 Å². The topological polar surface area (TPSA) is 38.3 Å². The molecule has 3 nitrogen and oxygen atoms in total. The molecule has 0 radical (unpaired) electrons. The predicted molar refractivity (Wildman–Crippen MR) is 61.9 cm³/mol. The summed E-state index contributed by atoms with van der Waals surface area (Å²) in [5, 5.41) is 3.18. The highest BCUT2D eigenvalue weighted by molar-refractivity contribution is 9.10. The van der Waals surface area contributed by atoms with Gasteiger partial charge in [-0.05, 0) is 30.5 Å². The Hall–Kier alpha value is -1.03. The maximum absolute atomic E-state index is 11.4. The lowest BCUT2D eigenvalue weighted by Gasteiger charge is -2.25. The van der Waals surface area contributed by atoms with Crippen molar-refractivity contribution in [2.45, 2.75) is 18.9 Å². The fourth-order valence-corrected chi connectivity index (χ4v) is 2.38. The first kappa shape index (κ1) is 10.5. The number of fused-ring (bicyclic) bond motifs is 1. The molecule has 80 valence electrons. The van der Waals surface area contributed by atoms with Crippen molar-refractivity contribution in [1.82, 2.24) is 0 Å². The molecule has 1 aromatic carbocycles. The van der Waals surface area contributed by atoms with Crippen molar-refractivity contribution < 1.29 is 9.53 Å². The van der Waals surface area contributed by atoms with Crippen molar-refractivity contribution in [1.29, 1.82) is 0 Å². The number of benzene rings is 1. The summed E-state index contributed by atoms with van der Waals surface area (Å²) in [4.78, 5) is 11.4. The van der Waals surface area contributed by atoms with Crippen molar-refractivity contribution >= 4 is 27.6 Å². The molecule has 0 saturated heterocycles. The number of carbonyl (C=O) groups excluding carboxylic acids is 1. The van der Waals surface area contributed by atoms with Crippen LogP contribution in [0.3, 0.4) is 0 Å². The first-order valence-corrected chi connectivity index (χ1v) is 5.63. The fourth-order valence-electron chi connectivity index (χ4n) is 1.82. The zero-order valence-corrected chi connectivity index (χ0v) is 10.0. The summed E-state index contributed by atoms with van der Waals surface area (Å²) < 4.78 is 5.82. The highest BCUT2D eigenvalue weighted by Gasteiger charge is 2.25. The Labute approximate surface area is 96.9 Å². The number of ether oxygens (including phenoxy) is 1. The van der Waals surface area contributed by atoms with Crippen LogP contribution >= 0.6 is 15.9 Å². The molecule has 2 rings (SSSR count). The minimum absolute atomic E-state index is 0.194. The number of halogens is 1. The standard InChI is InChI=1S/C11H12BrNO2/c1-15-11(14)10-6-5-7-8(12)3-2-4-9(7)13-10/h2-4,10,13H,5-6H2,1H3. The number of rotatable bonds is 1. The summed E-state index contributed by atoms with van der Waals surface area (Å²) in [6, 6.07) is 5.74. The Balaban J connectivity index is 2.24. The van der Waals surface area contributed by atoms with Gasteiger partial charge in [-0.2, -0.15) is 0 Å². The lowest BCUT2D eigenvalue weighted by atomic mass is 9.98. The molecule has 1 aromatic rings. The van der Waals surface area contributed by atoms with Crippen LogP contribution in [0, 0.1) is 0 Å². The number of methoxy groups -OCH3 is 1. The van der Waals surface area contributed by atoms with E-state index >= 15 is 0 Å². The average Bonchev–Trinajstić information content (AvgIpc) is 2.28. The van der Waals surface area contributed by atoms with Crippen molar-refractivity contribution in [2.75, 3.05) is 12.4 Å². The number of carbonyl (C=O) groups is 1. The van der Waals surface area contributed by atoms with Gasteiger partial charge in [-0.3, -0.25) is 0 Å². The van der Waals surface area contributed by atoms with E-state index in [4.69, 9.17) is 4.74 Å². The first-order chi connectivity index (χ1) is 7.22. The van der Waals surface area contributed by atoms with E-state index in [1.807, 2.05) is 18.2 Å². The second-order valence-electron chi connectivity index (χ2n) is 3.52. The van der Waals surface area contributed by atoms with Gasteiger partial charge in [-0.1, -0.05) is 22.0 Å². The van der Waals surface area contributed by atoms with E-state index in [9.17, 15) is 4.79 Å². The summed E-state index contributed by atoms with van der Waals surface area (Å²) in [6.07, 6.45) is 1.67. The minimum atomic E-state index is -0.211. The Morgan fingerprint density at radius 2 is 2.40 bits per heavy atom. The van der Waals surface area contributed by atoms with Gasteiger partial charge in [-0.25, -0.2) is 4.79 Å². The SMILES string of the molecule is COC(=O)C1CCc2c(Br)cccc2N1. The van der Waals surface area contributed by atoms with Gasteiger partial charge in [0.2, 0.25) is 0 Å². The predicted octanol–water partition coefficient (Wildman–Crippen LogP) is 2.35. The Kier molecular flexibility index (Phi) is 2.95. The van der Waals surface area contributed by atoms with Gasteiger partial charge in [-0.15, -0.1) is 0 Å². The van der Waals surface area contributed by atoms with Crippen LogP contribution in [-0.4, -0.2) is 19.1 Å². The molecule has 1 aliphatic rings. The molecule has 1 N–H and O–H groups in total. The molecule has 1 atom stereocenters. The molecular formula is C11H12BrNO2.